The van der Waals surface area contributed by atoms with Gasteiger partial charge in [0.15, 0.2) is 5.76 Å². The first-order valence-corrected chi connectivity index (χ1v) is 10.1. The summed E-state index contributed by atoms with van der Waals surface area (Å²) in [5, 5.41) is 51.9. The number of hydrogen-bond acceptors (Lipinski definition) is 7. The fourth-order valence-corrected chi connectivity index (χ4v) is 3.40. The summed E-state index contributed by atoms with van der Waals surface area (Å²) in [5.74, 6) is -2.45. The van der Waals surface area contributed by atoms with Gasteiger partial charge < -0.3 is 29.9 Å². The van der Waals surface area contributed by atoms with E-state index < -0.39 is 22.7 Å². The summed E-state index contributed by atoms with van der Waals surface area (Å²) >= 11 is 0. The van der Waals surface area contributed by atoms with Gasteiger partial charge in [-0.2, -0.15) is 0 Å². The number of phenolic OH excluding ortho intramolecular Hbond substituents is 4. The monoisotopic (exact) mass is 438 g/mol. The van der Waals surface area contributed by atoms with Crippen LogP contribution in [0.2, 0.25) is 0 Å². The van der Waals surface area contributed by atoms with Crippen molar-refractivity contribution in [3.05, 3.63) is 62.8 Å². The first-order chi connectivity index (χ1) is 15.0. The van der Waals surface area contributed by atoms with Crippen LogP contribution in [0.5, 0.6) is 28.7 Å². The van der Waals surface area contributed by atoms with Crippen LogP contribution in [0.4, 0.5) is 0 Å². The molecule has 0 bridgehead atoms. The molecule has 0 aliphatic heterocycles. The zero-order valence-electron chi connectivity index (χ0n) is 18.4. The van der Waals surface area contributed by atoms with E-state index in [1.54, 1.807) is 6.08 Å². The van der Waals surface area contributed by atoms with Gasteiger partial charge in [0.2, 0.25) is 11.2 Å². The smallest absolute Gasteiger partial charge is 0.238 e. The number of fused-ring (bicyclic) bond motifs is 1. The van der Waals surface area contributed by atoms with E-state index in [0.717, 1.165) is 17.2 Å². The van der Waals surface area contributed by atoms with Crippen LogP contribution in [0.25, 0.3) is 22.3 Å². The lowest BCUT2D eigenvalue weighted by Gasteiger charge is -2.16. The van der Waals surface area contributed by atoms with E-state index in [1.165, 1.54) is 12.1 Å². The lowest BCUT2D eigenvalue weighted by atomic mass is 9.96. The van der Waals surface area contributed by atoms with Crippen LogP contribution in [0.1, 0.15) is 38.8 Å². The maximum absolute atomic E-state index is 13.1. The molecule has 0 fully saturated rings. The summed E-state index contributed by atoms with van der Waals surface area (Å²) in [6.07, 6.45) is 4.02. The fraction of sp³-hybridized carbons (Fsp3) is 0.240. The Morgan fingerprint density at radius 3 is 2.00 bits per heavy atom. The largest absolute Gasteiger partial charge is 0.508 e. The number of aromatic hydroxyl groups is 5. The molecule has 3 aromatic rings. The molecule has 0 aliphatic rings. The molecule has 7 heteroatoms. The predicted molar refractivity (Wildman–Crippen MR) is 123 cm³/mol. The number of rotatable bonds is 5. The number of allylic oxidation sites excluding steroid dienone is 4. The van der Waals surface area contributed by atoms with Crippen LogP contribution >= 0.6 is 0 Å². The standard InChI is InChI=1S/C25H26O7/c1-12(2)5-8-16-20(28)17(9-6-13(3)4)24-19(21(16)29)22(30)23(31)25(32-24)15-10-7-14(26)11-18(15)27/h5-7,10-11,26-29,31H,8-9H2,1-4H3. The molecule has 1 aromatic heterocycles. The van der Waals surface area contributed by atoms with Crippen molar-refractivity contribution in [2.75, 3.05) is 0 Å². The Bertz CT molecular complexity index is 1320. The van der Waals surface area contributed by atoms with Gasteiger partial charge in [0.05, 0.1) is 5.56 Å². The Kier molecular flexibility index (Phi) is 6.20. The third kappa shape index (κ3) is 4.14. The molecule has 32 heavy (non-hydrogen) atoms. The molecule has 0 saturated heterocycles. The lowest BCUT2D eigenvalue weighted by molar-refractivity contribution is 0.427. The van der Waals surface area contributed by atoms with Crippen molar-refractivity contribution in [3.8, 4) is 40.1 Å². The summed E-state index contributed by atoms with van der Waals surface area (Å²) in [4.78, 5) is 13.1. The Labute approximate surface area is 184 Å². The van der Waals surface area contributed by atoms with Crippen molar-refractivity contribution >= 4 is 11.0 Å². The van der Waals surface area contributed by atoms with Gasteiger partial charge in [-0.1, -0.05) is 23.3 Å². The molecule has 3 rings (SSSR count). The Hall–Kier alpha value is -3.87. The van der Waals surface area contributed by atoms with Crippen molar-refractivity contribution < 1.29 is 29.9 Å². The molecular formula is C25H26O7. The van der Waals surface area contributed by atoms with Crippen molar-refractivity contribution in [3.63, 3.8) is 0 Å². The maximum atomic E-state index is 13.1. The minimum absolute atomic E-state index is 0.0277. The molecular weight excluding hydrogens is 412 g/mol. The average Bonchev–Trinajstić information content (AvgIpc) is 2.70. The number of hydrogen-bond donors (Lipinski definition) is 5. The second kappa shape index (κ2) is 8.70. The second-order valence-corrected chi connectivity index (χ2v) is 8.14. The molecule has 1 heterocycles. The first-order valence-electron chi connectivity index (χ1n) is 10.1. The lowest BCUT2D eigenvalue weighted by Crippen LogP contribution is -2.07. The summed E-state index contributed by atoms with van der Waals surface area (Å²) in [7, 11) is 0. The highest BCUT2D eigenvalue weighted by Gasteiger charge is 2.26. The van der Waals surface area contributed by atoms with Gasteiger partial charge in [0.25, 0.3) is 0 Å². The van der Waals surface area contributed by atoms with Crippen molar-refractivity contribution in [1.82, 2.24) is 0 Å². The topological polar surface area (TPSA) is 131 Å². The summed E-state index contributed by atoms with van der Waals surface area (Å²) < 4.78 is 5.83. The van der Waals surface area contributed by atoms with Crippen LogP contribution in [0, 0.1) is 0 Å². The maximum Gasteiger partial charge on any atom is 0.238 e. The van der Waals surface area contributed by atoms with E-state index in [0.29, 0.717) is 0 Å². The average molecular weight is 438 g/mol. The highest BCUT2D eigenvalue weighted by atomic mass is 16.4. The molecule has 2 aromatic carbocycles. The summed E-state index contributed by atoms with van der Waals surface area (Å²) in [6.45, 7) is 7.50. The van der Waals surface area contributed by atoms with Crippen LogP contribution < -0.4 is 5.43 Å². The molecule has 0 atom stereocenters. The van der Waals surface area contributed by atoms with Gasteiger partial charge in [0, 0.05) is 17.2 Å². The number of phenols is 4. The molecule has 0 spiro atoms. The highest BCUT2D eigenvalue weighted by molar-refractivity contribution is 5.93. The van der Waals surface area contributed by atoms with Gasteiger partial charge in [-0.3, -0.25) is 4.79 Å². The molecule has 7 nitrogen and oxygen atoms in total. The van der Waals surface area contributed by atoms with Gasteiger partial charge in [-0.15, -0.1) is 0 Å². The molecule has 0 aliphatic carbocycles. The second-order valence-electron chi connectivity index (χ2n) is 8.14. The SMILES string of the molecule is CC(C)=CCc1c(O)c(CC=C(C)C)c2oc(-c3ccc(O)cc3O)c(O)c(=O)c2c1O. The van der Waals surface area contributed by atoms with E-state index >= 15 is 0 Å². The van der Waals surface area contributed by atoms with E-state index in [-0.39, 0.29) is 57.8 Å². The van der Waals surface area contributed by atoms with E-state index in [9.17, 15) is 30.3 Å². The third-order valence-corrected chi connectivity index (χ3v) is 5.11. The number of benzene rings is 2. The summed E-state index contributed by atoms with van der Waals surface area (Å²) in [6, 6.07) is 3.59. The minimum atomic E-state index is -0.900. The quantitative estimate of drug-likeness (QED) is 0.354. The van der Waals surface area contributed by atoms with Crippen molar-refractivity contribution in [1.29, 1.82) is 0 Å². The van der Waals surface area contributed by atoms with Gasteiger partial charge in [-0.25, -0.2) is 0 Å². The first kappa shape index (κ1) is 22.8. The van der Waals surface area contributed by atoms with Gasteiger partial charge in [0.1, 0.15) is 34.0 Å². The Morgan fingerprint density at radius 1 is 0.844 bits per heavy atom. The van der Waals surface area contributed by atoms with Gasteiger partial charge >= 0.3 is 0 Å². The zero-order chi connectivity index (χ0) is 23.7. The molecule has 0 unspecified atom stereocenters. The predicted octanol–water partition coefficient (Wildman–Crippen LogP) is 5.01. The van der Waals surface area contributed by atoms with Gasteiger partial charge in [-0.05, 0) is 52.7 Å². The molecule has 0 saturated carbocycles. The van der Waals surface area contributed by atoms with Crippen molar-refractivity contribution in [2.24, 2.45) is 0 Å². The fourth-order valence-electron chi connectivity index (χ4n) is 3.40. The van der Waals surface area contributed by atoms with E-state index in [4.69, 9.17) is 4.42 Å². The normalized spacial score (nSPS) is 10.9. The van der Waals surface area contributed by atoms with Crippen LogP contribution in [0.15, 0.2) is 50.7 Å². The van der Waals surface area contributed by atoms with Crippen LogP contribution in [-0.2, 0) is 12.8 Å². The molecule has 5 N–H and O–H groups in total. The van der Waals surface area contributed by atoms with E-state index in [2.05, 4.69) is 0 Å². The Morgan fingerprint density at radius 2 is 1.44 bits per heavy atom. The molecule has 0 radical (unpaired) electrons. The third-order valence-electron chi connectivity index (χ3n) is 5.11. The molecule has 0 amide bonds. The van der Waals surface area contributed by atoms with Crippen molar-refractivity contribution in [2.45, 2.75) is 40.5 Å². The van der Waals surface area contributed by atoms with E-state index in [1.807, 2.05) is 33.8 Å². The highest BCUT2D eigenvalue weighted by Crippen LogP contribution is 2.44. The zero-order valence-corrected chi connectivity index (χ0v) is 18.4. The minimum Gasteiger partial charge on any atom is -0.508 e. The van der Waals surface area contributed by atoms with Crippen LogP contribution in [-0.4, -0.2) is 25.5 Å². The van der Waals surface area contributed by atoms with Crippen LogP contribution in [0.3, 0.4) is 0 Å². The molecule has 168 valence electrons. The summed E-state index contributed by atoms with van der Waals surface area (Å²) in [5.41, 5.74) is 1.33. The Balaban J connectivity index is 2.45.